The minimum Gasteiger partial charge on any atom is -0.326 e. The molecule has 2 unspecified atom stereocenters. The van der Waals surface area contributed by atoms with Gasteiger partial charge in [0.25, 0.3) is 0 Å². The minimum atomic E-state index is 0.270. The SMILES string of the molecule is CCSCC(N)C1CCc2cccnc21. The van der Waals surface area contributed by atoms with Crippen LogP contribution in [0.4, 0.5) is 0 Å². The van der Waals surface area contributed by atoms with E-state index in [2.05, 4.69) is 18.0 Å². The second kappa shape index (κ2) is 4.99. The largest absolute Gasteiger partial charge is 0.326 e. The first-order valence-electron chi connectivity index (χ1n) is 5.60. The highest BCUT2D eigenvalue weighted by molar-refractivity contribution is 7.99. The van der Waals surface area contributed by atoms with Crippen LogP contribution >= 0.6 is 11.8 Å². The fraction of sp³-hybridized carbons (Fsp3) is 0.583. The number of aryl methyl sites for hydroxylation is 1. The zero-order chi connectivity index (χ0) is 10.7. The molecule has 3 heteroatoms. The fourth-order valence-electron chi connectivity index (χ4n) is 2.23. The molecule has 0 aromatic carbocycles. The Morgan fingerprint density at radius 1 is 1.67 bits per heavy atom. The number of thioether (sulfide) groups is 1. The predicted octanol–water partition coefficient (Wildman–Crippen LogP) is 2.19. The van der Waals surface area contributed by atoms with E-state index < -0.39 is 0 Å². The van der Waals surface area contributed by atoms with Crippen molar-refractivity contribution in [3.63, 3.8) is 0 Å². The van der Waals surface area contributed by atoms with Gasteiger partial charge in [-0.3, -0.25) is 4.98 Å². The fourth-order valence-corrected chi connectivity index (χ4v) is 2.97. The average Bonchev–Trinajstić information content (AvgIpc) is 2.69. The molecule has 2 atom stereocenters. The van der Waals surface area contributed by atoms with E-state index in [1.54, 1.807) is 0 Å². The van der Waals surface area contributed by atoms with Crippen molar-refractivity contribution in [2.24, 2.45) is 5.73 Å². The lowest BCUT2D eigenvalue weighted by Gasteiger charge is -2.18. The first kappa shape index (κ1) is 11.0. The van der Waals surface area contributed by atoms with E-state index in [0.717, 1.165) is 17.9 Å². The maximum absolute atomic E-state index is 6.22. The van der Waals surface area contributed by atoms with Crippen LogP contribution in [0.2, 0.25) is 0 Å². The number of fused-ring (bicyclic) bond motifs is 1. The molecule has 1 aliphatic carbocycles. The number of hydrogen-bond donors (Lipinski definition) is 1. The van der Waals surface area contributed by atoms with Crippen molar-refractivity contribution in [2.45, 2.75) is 31.7 Å². The van der Waals surface area contributed by atoms with Crippen LogP contribution in [-0.2, 0) is 6.42 Å². The van der Waals surface area contributed by atoms with Crippen molar-refractivity contribution in [1.29, 1.82) is 0 Å². The van der Waals surface area contributed by atoms with E-state index in [0.29, 0.717) is 5.92 Å². The molecule has 1 aromatic heterocycles. The molecule has 0 saturated carbocycles. The summed E-state index contributed by atoms with van der Waals surface area (Å²) in [6.45, 7) is 2.18. The highest BCUT2D eigenvalue weighted by Crippen LogP contribution is 2.33. The van der Waals surface area contributed by atoms with Crippen LogP contribution in [0, 0.1) is 0 Å². The Labute approximate surface area is 95.7 Å². The van der Waals surface area contributed by atoms with Crippen LogP contribution in [0.3, 0.4) is 0 Å². The van der Waals surface area contributed by atoms with Crippen molar-refractivity contribution < 1.29 is 0 Å². The van der Waals surface area contributed by atoms with E-state index in [1.165, 1.54) is 17.7 Å². The Hall–Kier alpha value is -0.540. The summed E-state index contributed by atoms with van der Waals surface area (Å²) in [5, 5.41) is 0. The topological polar surface area (TPSA) is 38.9 Å². The molecule has 0 fully saturated rings. The zero-order valence-corrected chi connectivity index (χ0v) is 9.96. The molecule has 82 valence electrons. The van der Waals surface area contributed by atoms with Crippen molar-refractivity contribution in [3.8, 4) is 0 Å². The Morgan fingerprint density at radius 3 is 3.33 bits per heavy atom. The van der Waals surface area contributed by atoms with Crippen LogP contribution in [0.25, 0.3) is 0 Å². The molecule has 15 heavy (non-hydrogen) atoms. The standard InChI is InChI=1S/C12H18N2S/c1-2-15-8-11(13)10-6-5-9-4-3-7-14-12(9)10/h3-4,7,10-11H,2,5-6,8,13H2,1H3. The molecule has 0 amide bonds. The summed E-state index contributed by atoms with van der Waals surface area (Å²) in [7, 11) is 0. The molecule has 1 heterocycles. The lowest BCUT2D eigenvalue weighted by atomic mass is 9.99. The van der Waals surface area contributed by atoms with Gasteiger partial charge < -0.3 is 5.73 Å². The summed E-state index contributed by atoms with van der Waals surface area (Å²) in [5.74, 6) is 2.69. The van der Waals surface area contributed by atoms with E-state index in [4.69, 9.17) is 5.73 Å². The maximum atomic E-state index is 6.22. The third-order valence-electron chi connectivity index (χ3n) is 3.03. The van der Waals surface area contributed by atoms with E-state index in [1.807, 2.05) is 24.0 Å². The first-order chi connectivity index (χ1) is 7.33. The highest BCUT2D eigenvalue weighted by atomic mass is 32.2. The van der Waals surface area contributed by atoms with Crippen LogP contribution in [0.15, 0.2) is 18.3 Å². The molecular weight excluding hydrogens is 204 g/mol. The van der Waals surface area contributed by atoms with Gasteiger partial charge in [0.05, 0.1) is 0 Å². The number of nitrogens with zero attached hydrogens (tertiary/aromatic N) is 1. The lowest BCUT2D eigenvalue weighted by molar-refractivity contribution is 0.561. The Kier molecular flexibility index (Phi) is 3.65. The summed E-state index contributed by atoms with van der Waals surface area (Å²) in [4.78, 5) is 4.48. The molecule has 0 spiro atoms. The summed E-state index contributed by atoms with van der Waals surface area (Å²) in [6.07, 6.45) is 4.22. The Bertz CT molecular complexity index is 327. The quantitative estimate of drug-likeness (QED) is 0.848. The molecule has 0 saturated heterocycles. The average molecular weight is 222 g/mol. The zero-order valence-electron chi connectivity index (χ0n) is 9.15. The van der Waals surface area contributed by atoms with Gasteiger partial charge in [0.1, 0.15) is 0 Å². The third-order valence-corrected chi connectivity index (χ3v) is 4.06. The Morgan fingerprint density at radius 2 is 2.53 bits per heavy atom. The van der Waals surface area contributed by atoms with E-state index >= 15 is 0 Å². The van der Waals surface area contributed by atoms with Gasteiger partial charge in [-0.15, -0.1) is 0 Å². The number of aromatic nitrogens is 1. The van der Waals surface area contributed by atoms with Crippen LogP contribution in [0.1, 0.15) is 30.5 Å². The smallest absolute Gasteiger partial charge is 0.0482 e. The van der Waals surface area contributed by atoms with Gasteiger partial charge in [0.15, 0.2) is 0 Å². The first-order valence-corrected chi connectivity index (χ1v) is 6.75. The number of nitrogens with two attached hydrogens (primary N) is 1. The molecule has 2 N–H and O–H groups in total. The summed E-state index contributed by atoms with van der Waals surface area (Å²) < 4.78 is 0. The van der Waals surface area contributed by atoms with Gasteiger partial charge in [0, 0.05) is 29.6 Å². The number of hydrogen-bond acceptors (Lipinski definition) is 3. The predicted molar refractivity (Wildman–Crippen MR) is 66.3 cm³/mol. The third kappa shape index (κ3) is 2.34. The molecular formula is C12H18N2S. The summed E-state index contributed by atoms with van der Waals surface area (Å²) >= 11 is 1.92. The highest BCUT2D eigenvalue weighted by Gasteiger charge is 2.28. The number of pyridine rings is 1. The van der Waals surface area contributed by atoms with Gasteiger partial charge in [-0.25, -0.2) is 0 Å². The van der Waals surface area contributed by atoms with Gasteiger partial charge in [0.2, 0.25) is 0 Å². The Balaban J connectivity index is 2.06. The van der Waals surface area contributed by atoms with E-state index in [-0.39, 0.29) is 6.04 Å². The van der Waals surface area contributed by atoms with Gasteiger partial charge in [-0.05, 0) is 30.2 Å². The van der Waals surface area contributed by atoms with Crippen LogP contribution < -0.4 is 5.73 Å². The van der Waals surface area contributed by atoms with Gasteiger partial charge >= 0.3 is 0 Å². The normalized spacial score (nSPS) is 21.3. The molecule has 1 aromatic rings. The molecule has 1 aliphatic rings. The maximum Gasteiger partial charge on any atom is 0.0482 e. The van der Waals surface area contributed by atoms with Gasteiger partial charge in [-0.2, -0.15) is 11.8 Å². The molecule has 2 rings (SSSR count). The summed E-state index contributed by atoms with van der Waals surface area (Å²) in [6, 6.07) is 4.47. The van der Waals surface area contributed by atoms with Crippen molar-refractivity contribution in [3.05, 3.63) is 29.6 Å². The number of rotatable bonds is 4. The second-order valence-corrected chi connectivity index (χ2v) is 5.34. The van der Waals surface area contributed by atoms with Crippen molar-refractivity contribution in [1.82, 2.24) is 4.98 Å². The molecule has 2 nitrogen and oxygen atoms in total. The minimum absolute atomic E-state index is 0.270. The monoisotopic (exact) mass is 222 g/mol. The molecule has 0 aliphatic heterocycles. The van der Waals surface area contributed by atoms with Crippen LogP contribution in [0.5, 0.6) is 0 Å². The van der Waals surface area contributed by atoms with Crippen molar-refractivity contribution in [2.75, 3.05) is 11.5 Å². The second-order valence-electron chi connectivity index (χ2n) is 4.02. The molecule has 0 bridgehead atoms. The lowest BCUT2D eigenvalue weighted by Crippen LogP contribution is -2.30. The van der Waals surface area contributed by atoms with E-state index in [9.17, 15) is 0 Å². The van der Waals surface area contributed by atoms with Gasteiger partial charge in [-0.1, -0.05) is 13.0 Å². The van der Waals surface area contributed by atoms with Crippen LogP contribution in [-0.4, -0.2) is 22.5 Å². The summed E-state index contributed by atoms with van der Waals surface area (Å²) in [5.41, 5.74) is 8.87. The van der Waals surface area contributed by atoms with Crippen molar-refractivity contribution >= 4 is 11.8 Å². The molecule has 0 radical (unpaired) electrons.